The number of nitrogens with zero attached hydrogens (tertiary/aromatic N) is 7. The average molecular weight is 433 g/mol. The van der Waals surface area contributed by atoms with E-state index in [1.165, 1.54) is 4.68 Å². The molecule has 0 spiro atoms. The summed E-state index contributed by atoms with van der Waals surface area (Å²) in [6.07, 6.45) is 1.61. The van der Waals surface area contributed by atoms with E-state index in [4.69, 9.17) is 5.73 Å². The molecule has 11 nitrogen and oxygen atoms in total. The molecule has 0 bridgehead atoms. The van der Waals surface area contributed by atoms with Crippen LogP contribution in [-0.2, 0) is 6.54 Å². The van der Waals surface area contributed by atoms with Crippen LogP contribution in [0.25, 0.3) is 16.6 Å². The number of nitrogens with one attached hydrogen (secondary N) is 1. The minimum atomic E-state index is -0.495. The van der Waals surface area contributed by atoms with E-state index in [0.717, 1.165) is 29.4 Å². The summed E-state index contributed by atoms with van der Waals surface area (Å²) in [7, 11) is 0. The smallest absolute Gasteiger partial charge is 0.293 e. The zero-order chi connectivity index (χ0) is 22.5. The highest BCUT2D eigenvalue weighted by atomic mass is 16.6. The van der Waals surface area contributed by atoms with Crippen molar-refractivity contribution in [3.63, 3.8) is 0 Å². The second-order valence-electron chi connectivity index (χ2n) is 7.00. The van der Waals surface area contributed by atoms with E-state index >= 15 is 0 Å². The molecule has 4 aromatic rings. The van der Waals surface area contributed by atoms with Gasteiger partial charge in [-0.3, -0.25) is 9.69 Å². The molecule has 0 aliphatic carbocycles. The second-order valence-corrected chi connectivity index (χ2v) is 7.00. The lowest BCUT2D eigenvalue weighted by molar-refractivity contribution is 0.0948. The van der Waals surface area contributed by atoms with Crippen LogP contribution in [0.3, 0.4) is 0 Å². The van der Waals surface area contributed by atoms with Crippen LogP contribution in [0.5, 0.6) is 0 Å². The van der Waals surface area contributed by atoms with Crippen molar-refractivity contribution in [2.45, 2.75) is 20.4 Å². The predicted molar refractivity (Wildman–Crippen MR) is 119 cm³/mol. The fourth-order valence-electron chi connectivity index (χ4n) is 3.36. The Kier molecular flexibility index (Phi) is 6.17. The molecule has 4 rings (SSSR count). The van der Waals surface area contributed by atoms with E-state index in [-0.39, 0.29) is 17.3 Å². The molecule has 0 saturated carbocycles. The first-order valence-corrected chi connectivity index (χ1v) is 10.2. The number of hydrazone groups is 1. The van der Waals surface area contributed by atoms with Crippen molar-refractivity contribution >= 4 is 28.7 Å². The van der Waals surface area contributed by atoms with Gasteiger partial charge in [0.25, 0.3) is 5.91 Å². The summed E-state index contributed by atoms with van der Waals surface area (Å²) in [6.45, 7) is 6.00. The van der Waals surface area contributed by atoms with Crippen LogP contribution in [0, 0.1) is 0 Å². The van der Waals surface area contributed by atoms with Gasteiger partial charge in [0.1, 0.15) is 0 Å². The Balaban J connectivity index is 1.61. The molecule has 2 heterocycles. The van der Waals surface area contributed by atoms with E-state index < -0.39 is 5.91 Å². The third-order valence-electron chi connectivity index (χ3n) is 5.14. The number of amides is 1. The maximum absolute atomic E-state index is 12.9. The minimum absolute atomic E-state index is 0.0524. The Labute approximate surface area is 183 Å². The quantitative estimate of drug-likeness (QED) is 0.317. The average Bonchev–Trinajstić information content (AvgIpc) is 3.43. The first-order chi connectivity index (χ1) is 15.6. The molecule has 0 radical (unpaired) electrons. The Morgan fingerprint density at radius 1 is 1.19 bits per heavy atom. The summed E-state index contributed by atoms with van der Waals surface area (Å²) < 4.78 is 6.05. The van der Waals surface area contributed by atoms with Gasteiger partial charge in [-0.15, -0.1) is 5.10 Å². The molecule has 0 unspecified atom stereocenters. The number of benzene rings is 2. The van der Waals surface area contributed by atoms with Crippen molar-refractivity contribution in [1.29, 1.82) is 0 Å². The number of hydrogen-bond donors (Lipinski definition) is 2. The zero-order valence-electron chi connectivity index (χ0n) is 17.8. The van der Waals surface area contributed by atoms with Gasteiger partial charge in [-0.2, -0.15) is 9.78 Å². The largest absolute Gasteiger partial charge is 0.378 e. The first kappa shape index (κ1) is 21.1. The van der Waals surface area contributed by atoms with Gasteiger partial charge in [0.15, 0.2) is 5.69 Å². The SMILES string of the molecule is CCN(CC)Cc1c(C(=O)N/N=C\c2cccc3ccccc23)nnn1-c1nonc1N. The first-order valence-electron chi connectivity index (χ1n) is 10.2. The van der Waals surface area contributed by atoms with Crippen LogP contribution in [-0.4, -0.2) is 55.4 Å². The van der Waals surface area contributed by atoms with Crippen LogP contribution in [0.4, 0.5) is 5.82 Å². The van der Waals surface area contributed by atoms with Gasteiger partial charge in [0.2, 0.25) is 11.6 Å². The van der Waals surface area contributed by atoms with Crippen molar-refractivity contribution in [3.05, 3.63) is 59.4 Å². The summed E-state index contributed by atoms with van der Waals surface area (Å²) in [6, 6.07) is 13.9. The molecule has 2 aromatic carbocycles. The molecule has 0 atom stereocenters. The van der Waals surface area contributed by atoms with E-state index in [9.17, 15) is 4.79 Å². The van der Waals surface area contributed by atoms with Crippen LogP contribution in [0.15, 0.2) is 52.2 Å². The van der Waals surface area contributed by atoms with Crippen molar-refractivity contribution in [2.24, 2.45) is 5.10 Å². The Hall–Kier alpha value is -4.12. The molecule has 0 fully saturated rings. The highest BCUT2D eigenvalue weighted by Crippen LogP contribution is 2.18. The Morgan fingerprint density at radius 2 is 1.97 bits per heavy atom. The molecule has 0 aliphatic heterocycles. The van der Waals surface area contributed by atoms with E-state index in [1.54, 1.807) is 6.21 Å². The summed E-state index contributed by atoms with van der Waals surface area (Å²) in [5, 5.41) is 21.7. The third kappa shape index (κ3) is 4.18. The van der Waals surface area contributed by atoms with Gasteiger partial charge in [-0.1, -0.05) is 61.5 Å². The molecule has 1 amide bonds. The number of carbonyl (C=O) groups excluding carboxylic acids is 1. The van der Waals surface area contributed by atoms with E-state index in [2.05, 4.69) is 40.7 Å². The summed E-state index contributed by atoms with van der Waals surface area (Å²) in [5.41, 5.74) is 9.87. The fourth-order valence-corrected chi connectivity index (χ4v) is 3.36. The van der Waals surface area contributed by atoms with Gasteiger partial charge in [-0.05, 0) is 34.2 Å². The van der Waals surface area contributed by atoms with Crippen molar-refractivity contribution in [2.75, 3.05) is 18.8 Å². The maximum Gasteiger partial charge on any atom is 0.293 e. The summed E-state index contributed by atoms with van der Waals surface area (Å²) in [5.74, 6) is -0.264. The predicted octanol–water partition coefficient (Wildman–Crippen LogP) is 1.99. The standard InChI is InChI=1S/C21H23N9O2/c1-3-29(4-2)13-17-18(24-28-30(17)20-19(22)26-32-27-20)21(31)25-23-12-15-10-7-9-14-8-5-6-11-16(14)15/h5-12H,3-4,13H2,1-2H3,(H2,22,26)(H,25,31)/b23-12-. The number of aromatic nitrogens is 5. The molecule has 2 aromatic heterocycles. The van der Waals surface area contributed by atoms with Crippen LogP contribution >= 0.6 is 0 Å². The molecule has 32 heavy (non-hydrogen) atoms. The fraction of sp³-hybridized carbons (Fsp3) is 0.238. The lowest BCUT2D eigenvalue weighted by atomic mass is 10.1. The van der Waals surface area contributed by atoms with Gasteiger partial charge in [0.05, 0.1) is 11.9 Å². The lowest BCUT2D eigenvalue weighted by Gasteiger charge is -2.18. The number of nitrogens with two attached hydrogens (primary N) is 1. The van der Waals surface area contributed by atoms with Crippen LogP contribution in [0.2, 0.25) is 0 Å². The highest BCUT2D eigenvalue weighted by Gasteiger charge is 2.24. The minimum Gasteiger partial charge on any atom is -0.378 e. The Bertz CT molecular complexity index is 1250. The third-order valence-corrected chi connectivity index (χ3v) is 5.14. The van der Waals surface area contributed by atoms with Gasteiger partial charge < -0.3 is 5.73 Å². The summed E-state index contributed by atoms with van der Waals surface area (Å²) in [4.78, 5) is 15.0. The van der Waals surface area contributed by atoms with Crippen LogP contribution in [0.1, 0.15) is 35.6 Å². The van der Waals surface area contributed by atoms with Crippen molar-refractivity contribution in [1.82, 2.24) is 35.6 Å². The van der Waals surface area contributed by atoms with Crippen LogP contribution < -0.4 is 11.2 Å². The second kappa shape index (κ2) is 9.35. The molecule has 11 heteroatoms. The number of hydrogen-bond acceptors (Lipinski definition) is 9. The Morgan fingerprint density at radius 3 is 2.72 bits per heavy atom. The molecule has 0 aliphatic rings. The number of nitrogen functional groups attached to an aromatic ring is 1. The van der Waals surface area contributed by atoms with Gasteiger partial charge in [-0.25, -0.2) is 10.1 Å². The van der Waals surface area contributed by atoms with Gasteiger partial charge >= 0.3 is 0 Å². The molecule has 0 saturated heterocycles. The zero-order valence-corrected chi connectivity index (χ0v) is 17.8. The highest BCUT2D eigenvalue weighted by molar-refractivity contribution is 6.00. The topological polar surface area (TPSA) is 140 Å². The van der Waals surface area contributed by atoms with E-state index in [1.807, 2.05) is 56.3 Å². The lowest BCUT2D eigenvalue weighted by Crippen LogP contribution is -2.27. The molecule has 3 N–H and O–H groups in total. The number of anilines is 1. The molecular weight excluding hydrogens is 410 g/mol. The molecular formula is C21H23N9O2. The van der Waals surface area contributed by atoms with Crippen molar-refractivity contribution < 1.29 is 9.42 Å². The monoisotopic (exact) mass is 433 g/mol. The maximum atomic E-state index is 12.9. The number of rotatable bonds is 8. The summed E-state index contributed by atoms with van der Waals surface area (Å²) >= 11 is 0. The molecule has 164 valence electrons. The van der Waals surface area contributed by atoms with Gasteiger partial charge in [0, 0.05) is 12.1 Å². The number of fused-ring (bicyclic) bond motifs is 1. The normalized spacial score (nSPS) is 11.6. The number of carbonyl (C=O) groups is 1. The van der Waals surface area contributed by atoms with Crippen molar-refractivity contribution in [3.8, 4) is 5.82 Å². The van der Waals surface area contributed by atoms with E-state index in [0.29, 0.717) is 12.2 Å².